The number of urea groups is 1. The maximum Gasteiger partial charge on any atom is 0.321 e. The molecule has 0 saturated heterocycles. The summed E-state index contributed by atoms with van der Waals surface area (Å²) in [6.07, 6.45) is 0. The van der Waals surface area contributed by atoms with Crippen molar-refractivity contribution >= 4 is 23.5 Å². The third-order valence-electron chi connectivity index (χ3n) is 3.01. The molecule has 22 heavy (non-hydrogen) atoms. The van der Waals surface area contributed by atoms with Crippen molar-refractivity contribution < 1.29 is 18.8 Å². The number of hydrogen-bond donors (Lipinski definition) is 3. The molecule has 0 aliphatic heterocycles. The van der Waals surface area contributed by atoms with Crippen LogP contribution >= 0.6 is 0 Å². The Morgan fingerprint density at radius 1 is 1.32 bits per heavy atom. The summed E-state index contributed by atoms with van der Waals surface area (Å²) < 4.78 is 13.0. The first-order valence-corrected chi connectivity index (χ1v) is 6.61. The largest absolute Gasteiger partial charge is 0.341 e. The molecule has 1 rings (SSSR count). The first-order chi connectivity index (χ1) is 10.3. The smallest absolute Gasteiger partial charge is 0.321 e. The maximum absolute atomic E-state index is 13.0. The van der Waals surface area contributed by atoms with E-state index in [9.17, 15) is 18.8 Å². The molecule has 0 spiro atoms. The Labute approximate surface area is 127 Å². The summed E-state index contributed by atoms with van der Waals surface area (Å²) in [4.78, 5) is 36.1. The molecule has 1 atom stereocenters. The second kappa shape index (κ2) is 8.08. The number of hydrogen-bond acceptors (Lipinski definition) is 4. The van der Waals surface area contributed by atoms with Crippen molar-refractivity contribution in [2.45, 2.75) is 13.0 Å². The molecule has 0 aromatic heterocycles. The van der Waals surface area contributed by atoms with Crippen LogP contribution in [-0.2, 0) is 9.59 Å². The van der Waals surface area contributed by atoms with Crippen molar-refractivity contribution in [1.82, 2.24) is 15.5 Å². The number of rotatable bonds is 5. The standard InChI is InChI=1S/C14H19FN4O3/c1-9(13(21)18-14(22)16-2)19(3)8-12(20)17-11-6-4-5-10(15)7-11/h4-7,9H,8H2,1-3H3,(H,17,20)(H2,16,18,21,22). The monoisotopic (exact) mass is 310 g/mol. The number of anilines is 1. The van der Waals surface area contributed by atoms with E-state index >= 15 is 0 Å². The predicted molar refractivity (Wildman–Crippen MR) is 79.7 cm³/mol. The van der Waals surface area contributed by atoms with Crippen LogP contribution < -0.4 is 16.0 Å². The molecule has 0 aliphatic rings. The van der Waals surface area contributed by atoms with Gasteiger partial charge in [0.25, 0.3) is 0 Å². The van der Waals surface area contributed by atoms with Gasteiger partial charge in [0, 0.05) is 12.7 Å². The Balaban J connectivity index is 2.52. The van der Waals surface area contributed by atoms with Crippen LogP contribution in [0.4, 0.5) is 14.9 Å². The molecule has 4 amide bonds. The van der Waals surface area contributed by atoms with Gasteiger partial charge >= 0.3 is 6.03 Å². The van der Waals surface area contributed by atoms with Crippen LogP contribution in [0.1, 0.15) is 6.92 Å². The quantitative estimate of drug-likeness (QED) is 0.740. The van der Waals surface area contributed by atoms with Gasteiger partial charge in [-0.15, -0.1) is 0 Å². The van der Waals surface area contributed by atoms with Gasteiger partial charge in [-0.05, 0) is 32.2 Å². The number of nitrogens with zero attached hydrogens (tertiary/aromatic N) is 1. The predicted octanol–water partition coefficient (Wildman–Crippen LogP) is 0.540. The zero-order chi connectivity index (χ0) is 16.7. The summed E-state index contributed by atoms with van der Waals surface area (Å²) in [5.41, 5.74) is 0.334. The highest BCUT2D eigenvalue weighted by atomic mass is 19.1. The third-order valence-corrected chi connectivity index (χ3v) is 3.01. The molecule has 3 N–H and O–H groups in total. The molecular formula is C14H19FN4O3. The van der Waals surface area contributed by atoms with E-state index in [0.717, 1.165) is 0 Å². The highest BCUT2D eigenvalue weighted by Gasteiger charge is 2.21. The number of halogens is 1. The van der Waals surface area contributed by atoms with Crippen molar-refractivity contribution in [3.63, 3.8) is 0 Å². The fraction of sp³-hybridized carbons (Fsp3) is 0.357. The Hall–Kier alpha value is -2.48. The average molecular weight is 310 g/mol. The van der Waals surface area contributed by atoms with Gasteiger partial charge in [0.15, 0.2) is 0 Å². The van der Waals surface area contributed by atoms with Crippen molar-refractivity contribution in [2.24, 2.45) is 0 Å². The molecule has 1 aromatic rings. The van der Waals surface area contributed by atoms with E-state index in [-0.39, 0.29) is 6.54 Å². The fourth-order valence-electron chi connectivity index (χ4n) is 1.61. The summed E-state index contributed by atoms with van der Waals surface area (Å²) in [6.45, 7) is 1.48. The number of nitrogens with one attached hydrogen (secondary N) is 3. The van der Waals surface area contributed by atoms with Crippen molar-refractivity contribution in [3.8, 4) is 0 Å². The number of imide groups is 1. The Bertz CT molecular complexity index is 565. The zero-order valence-corrected chi connectivity index (χ0v) is 12.6. The summed E-state index contributed by atoms with van der Waals surface area (Å²) in [6, 6.07) is 4.20. The molecule has 0 saturated carbocycles. The zero-order valence-electron chi connectivity index (χ0n) is 12.6. The molecule has 0 aliphatic carbocycles. The van der Waals surface area contributed by atoms with Crippen LogP contribution in [0, 0.1) is 5.82 Å². The van der Waals surface area contributed by atoms with Gasteiger partial charge in [-0.3, -0.25) is 19.8 Å². The SMILES string of the molecule is CNC(=O)NC(=O)C(C)N(C)CC(=O)Nc1cccc(F)c1. The highest BCUT2D eigenvalue weighted by Crippen LogP contribution is 2.09. The summed E-state index contributed by atoms with van der Waals surface area (Å²) in [5, 5.41) is 6.92. The lowest BCUT2D eigenvalue weighted by Crippen LogP contribution is -2.49. The van der Waals surface area contributed by atoms with Crippen LogP contribution in [0.3, 0.4) is 0 Å². The molecule has 1 aromatic carbocycles. The Morgan fingerprint density at radius 2 is 2.00 bits per heavy atom. The molecule has 1 unspecified atom stereocenters. The first kappa shape index (κ1) is 17.6. The molecule has 0 bridgehead atoms. The molecule has 0 radical (unpaired) electrons. The first-order valence-electron chi connectivity index (χ1n) is 6.61. The lowest BCUT2D eigenvalue weighted by molar-refractivity contribution is -0.125. The van der Waals surface area contributed by atoms with Gasteiger partial charge in [-0.1, -0.05) is 6.07 Å². The molecule has 0 heterocycles. The molecule has 8 heteroatoms. The van der Waals surface area contributed by atoms with Crippen LogP contribution in [-0.4, -0.2) is 49.4 Å². The minimum Gasteiger partial charge on any atom is -0.341 e. The van der Waals surface area contributed by atoms with Gasteiger partial charge in [-0.25, -0.2) is 9.18 Å². The Kier molecular flexibility index (Phi) is 6.46. The third kappa shape index (κ3) is 5.49. The van der Waals surface area contributed by atoms with Crippen LogP contribution in [0.2, 0.25) is 0 Å². The van der Waals surface area contributed by atoms with Crippen molar-refractivity contribution in [1.29, 1.82) is 0 Å². The molecular weight excluding hydrogens is 291 g/mol. The molecule has 120 valence electrons. The van der Waals surface area contributed by atoms with Gasteiger partial charge in [0.2, 0.25) is 11.8 Å². The lowest BCUT2D eigenvalue weighted by Gasteiger charge is -2.22. The second-order valence-corrected chi connectivity index (χ2v) is 4.72. The molecule has 7 nitrogen and oxygen atoms in total. The molecule has 0 fully saturated rings. The van der Waals surface area contributed by atoms with Gasteiger partial charge < -0.3 is 10.6 Å². The normalized spacial score (nSPS) is 11.7. The maximum atomic E-state index is 13.0. The summed E-state index contributed by atoms with van der Waals surface area (Å²) >= 11 is 0. The summed E-state index contributed by atoms with van der Waals surface area (Å²) in [7, 11) is 2.96. The minimum atomic E-state index is -0.685. The van der Waals surface area contributed by atoms with E-state index in [1.165, 1.54) is 30.1 Å². The number of benzene rings is 1. The van der Waals surface area contributed by atoms with Crippen LogP contribution in [0.5, 0.6) is 0 Å². The van der Waals surface area contributed by atoms with Crippen molar-refractivity contribution in [2.75, 3.05) is 26.0 Å². The number of likely N-dealkylation sites (N-methyl/N-ethyl adjacent to an activating group) is 1. The lowest BCUT2D eigenvalue weighted by atomic mass is 10.2. The van der Waals surface area contributed by atoms with E-state index < -0.39 is 29.7 Å². The van der Waals surface area contributed by atoms with E-state index in [4.69, 9.17) is 0 Å². The van der Waals surface area contributed by atoms with Crippen molar-refractivity contribution in [3.05, 3.63) is 30.1 Å². The van der Waals surface area contributed by atoms with Gasteiger partial charge in [-0.2, -0.15) is 0 Å². The fourth-order valence-corrected chi connectivity index (χ4v) is 1.61. The van der Waals surface area contributed by atoms with E-state index in [2.05, 4.69) is 16.0 Å². The number of amides is 4. The van der Waals surface area contributed by atoms with Gasteiger partial charge in [0.05, 0.1) is 12.6 Å². The number of carbonyl (C=O) groups is 3. The number of carbonyl (C=O) groups excluding carboxylic acids is 3. The Morgan fingerprint density at radius 3 is 2.59 bits per heavy atom. The second-order valence-electron chi connectivity index (χ2n) is 4.72. The van der Waals surface area contributed by atoms with Crippen LogP contribution in [0.25, 0.3) is 0 Å². The topological polar surface area (TPSA) is 90.5 Å². The summed E-state index contributed by atoms with van der Waals surface area (Å²) in [5.74, 6) is -1.38. The van der Waals surface area contributed by atoms with E-state index in [1.807, 2.05) is 0 Å². The minimum absolute atomic E-state index is 0.0845. The average Bonchev–Trinajstić information content (AvgIpc) is 2.45. The van der Waals surface area contributed by atoms with E-state index in [1.54, 1.807) is 20.0 Å². The van der Waals surface area contributed by atoms with Gasteiger partial charge in [0.1, 0.15) is 5.82 Å². The highest BCUT2D eigenvalue weighted by molar-refractivity contribution is 5.97. The van der Waals surface area contributed by atoms with E-state index in [0.29, 0.717) is 5.69 Å². The van der Waals surface area contributed by atoms with Crippen LogP contribution in [0.15, 0.2) is 24.3 Å².